The summed E-state index contributed by atoms with van der Waals surface area (Å²) in [4.78, 5) is 33.9. The van der Waals surface area contributed by atoms with Crippen molar-refractivity contribution in [2.24, 2.45) is 5.92 Å². The van der Waals surface area contributed by atoms with Gasteiger partial charge in [-0.25, -0.2) is 4.79 Å². The monoisotopic (exact) mass is 432 g/mol. The van der Waals surface area contributed by atoms with Crippen LogP contribution in [0.15, 0.2) is 48.5 Å². The molecule has 0 spiro atoms. The van der Waals surface area contributed by atoms with Gasteiger partial charge in [-0.3, -0.25) is 20.2 Å². The highest BCUT2D eigenvalue weighted by molar-refractivity contribution is 6.30. The third-order valence-electron chi connectivity index (χ3n) is 5.49. The van der Waals surface area contributed by atoms with Crippen molar-refractivity contribution < 1.29 is 19.4 Å². The molecule has 0 unspecified atom stereocenters. The predicted molar refractivity (Wildman–Crippen MR) is 110 cm³/mol. The van der Waals surface area contributed by atoms with Crippen molar-refractivity contribution in [3.8, 4) is 0 Å². The topological polar surface area (TPSA) is 113 Å². The van der Waals surface area contributed by atoms with Gasteiger partial charge in [-0.2, -0.15) is 0 Å². The lowest BCUT2D eigenvalue weighted by Crippen LogP contribution is -2.36. The number of nitro groups is 2. The first kappa shape index (κ1) is 21.7. The van der Waals surface area contributed by atoms with E-state index >= 15 is 0 Å². The summed E-state index contributed by atoms with van der Waals surface area (Å²) in [6.07, 6.45) is 2.62. The van der Waals surface area contributed by atoms with Crippen LogP contribution in [0.25, 0.3) is 0 Å². The smallest absolute Gasteiger partial charge is 0.338 e. The molecule has 3 rings (SSSR count). The van der Waals surface area contributed by atoms with Gasteiger partial charge in [0.05, 0.1) is 16.4 Å². The Balaban J connectivity index is 1.81. The van der Waals surface area contributed by atoms with Crippen LogP contribution in [0.1, 0.15) is 47.5 Å². The van der Waals surface area contributed by atoms with Gasteiger partial charge in [0, 0.05) is 28.0 Å². The van der Waals surface area contributed by atoms with Crippen LogP contribution in [-0.4, -0.2) is 28.5 Å². The van der Waals surface area contributed by atoms with Crippen molar-refractivity contribution in [3.05, 3.63) is 84.9 Å². The number of non-ortho nitro benzene ring substituents is 1. The van der Waals surface area contributed by atoms with E-state index in [0.717, 1.165) is 18.4 Å². The molecular formula is C21H21ClN2O6. The lowest BCUT2D eigenvalue weighted by molar-refractivity contribution is -0.485. The third kappa shape index (κ3) is 5.33. The lowest BCUT2D eigenvalue weighted by Gasteiger charge is -2.35. The Morgan fingerprint density at radius 1 is 1.03 bits per heavy atom. The van der Waals surface area contributed by atoms with Gasteiger partial charge in [0.1, 0.15) is 6.10 Å². The maximum Gasteiger partial charge on any atom is 0.338 e. The molecule has 2 aromatic carbocycles. The molecule has 9 heteroatoms. The number of halogens is 1. The summed E-state index contributed by atoms with van der Waals surface area (Å²) in [7, 11) is 0. The summed E-state index contributed by atoms with van der Waals surface area (Å²) in [5.41, 5.74) is 0.887. The van der Waals surface area contributed by atoms with Gasteiger partial charge >= 0.3 is 5.97 Å². The number of hydrogen-bond acceptors (Lipinski definition) is 6. The number of ether oxygens (including phenoxy) is 1. The van der Waals surface area contributed by atoms with E-state index in [1.807, 2.05) is 0 Å². The highest BCUT2D eigenvalue weighted by atomic mass is 35.5. The number of hydrogen-bond donors (Lipinski definition) is 0. The average Bonchev–Trinajstić information content (AvgIpc) is 2.73. The van der Waals surface area contributed by atoms with Crippen molar-refractivity contribution in [2.75, 3.05) is 6.54 Å². The Morgan fingerprint density at radius 2 is 1.67 bits per heavy atom. The molecule has 158 valence electrons. The number of nitrogens with zero attached hydrogens (tertiary/aromatic N) is 2. The van der Waals surface area contributed by atoms with E-state index in [-0.39, 0.29) is 28.6 Å². The minimum atomic E-state index is -0.585. The Kier molecular flexibility index (Phi) is 6.99. The molecule has 0 saturated heterocycles. The molecule has 1 saturated carbocycles. The lowest BCUT2D eigenvalue weighted by atomic mass is 9.75. The largest absolute Gasteiger partial charge is 0.458 e. The number of esters is 1. The van der Waals surface area contributed by atoms with E-state index in [1.165, 1.54) is 24.3 Å². The van der Waals surface area contributed by atoms with E-state index in [4.69, 9.17) is 16.3 Å². The molecule has 0 bridgehead atoms. The van der Waals surface area contributed by atoms with Gasteiger partial charge in [-0.05, 0) is 49.1 Å². The van der Waals surface area contributed by atoms with Crippen molar-refractivity contribution in [1.82, 2.24) is 0 Å². The fourth-order valence-corrected chi connectivity index (χ4v) is 4.14. The number of nitro benzene ring substituents is 1. The molecule has 0 heterocycles. The fourth-order valence-electron chi connectivity index (χ4n) is 4.02. The first-order chi connectivity index (χ1) is 14.3. The summed E-state index contributed by atoms with van der Waals surface area (Å²) >= 11 is 5.96. The summed E-state index contributed by atoms with van der Waals surface area (Å²) < 4.78 is 5.74. The Bertz CT molecular complexity index is 916. The minimum Gasteiger partial charge on any atom is -0.458 e. The Morgan fingerprint density at radius 3 is 2.27 bits per heavy atom. The van der Waals surface area contributed by atoms with Crippen molar-refractivity contribution in [1.29, 1.82) is 0 Å². The molecule has 8 nitrogen and oxygen atoms in total. The van der Waals surface area contributed by atoms with Gasteiger partial charge < -0.3 is 4.74 Å². The predicted octanol–water partition coefficient (Wildman–Crippen LogP) is 5.02. The molecule has 30 heavy (non-hydrogen) atoms. The van der Waals surface area contributed by atoms with Gasteiger partial charge in [0.15, 0.2) is 0 Å². The zero-order valence-electron chi connectivity index (χ0n) is 16.1. The Labute approximate surface area is 178 Å². The second-order valence-corrected chi connectivity index (χ2v) is 7.81. The summed E-state index contributed by atoms with van der Waals surface area (Å²) in [5.74, 6) is -1.20. The van der Waals surface area contributed by atoms with Crippen LogP contribution >= 0.6 is 11.6 Å². The molecule has 0 amide bonds. The maximum atomic E-state index is 12.6. The molecule has 0 aromatic heterocycles. The van der Waals surface area contributed by atoms with Gasteiger partial charge in [0.25, 0.3) is 5.69 Å². The van der Waals surface area contributed by atoms with Crippen LogP contribution in [0.2, 0.25) is 5.02 Å². The maximum absolute atomic E-state index is 12.6. The zero-order chi connectivity index (χ0) is 21.7. The SMILES string of the molecule is O=C(O[C@@H]1CCCC[C@H]1[C@@H](C[N+](=O)[O-])c1ccc(Cl)cc1)c1ccc([N+](=O)[O-])cc1. The quantitative estimate of drug-likeness (QED) is 0.344. The molecule has 0 aliphatic heterocycles. The average molecular weight is 433 g/mol. The van der Waals surface area contributed by atoms with E-state index in [2.05, 4.69) is 0 Å². The van der Waals surface area contributed by atoms with E-state index in [0.29, 0.717) is 17.9 Å². The van der Waals surface area contributed by atoms with Crippen molar-refractivity contribution >= 4 is 23.3 Å². The van der Waals surface area contributed by atoms with E-state index in [9.17, 15) is 25.0 Å². The molecular weight excluding hydrogens is 412 g/mol. The second kappa shape index (κ2) is 9.67. The summed E-state index contributed by atoms with van der Waals surface area (Å²) in [5, 5.41) is 22.7. The highest BCUT2D eigenvalue weighted by Crippen LogP contribution is 2.38. The number of rotatable bonds is 7. The van der Waals surface area contributed by atoms with Crippen LogP contribution in [0.3, 0.4) is 0 Å². The van der Waals surface area contributed by atoms with Crippen LogP contribution in [-0.2, 0) is 4.74 Å². The molecule has 1 aliphatic carbocycles. The van der Waals surface area contributed by atoms with Crippen LogP contribution < -0.4 is 0 Å². The molecule has 2 aromatic rings. The minimum absolute atomic E-state index is 0.115. The Hall–Kier alpha value is -3.00. The normalized spacial score (nSPS) is 19.6. The van der Waals surface area contributed by atoms with Crippen molar-refractivity contribution in [2.45, 2.75) is 37.7 Å². The molecule has 1 aliphatic rings. The van der Waals surface area contributed by atoms with Gasteiger partial charge in [0.2, 0.25) is 6.54 Å². The first-order valence-corrected chi connectivity index (χ1v) is 10.1. The van der Waals surface area contributed by atoms with Crippen molar-refractivity contribution in [3.63, 3.8) is 0 Å². The number of carbonyl (C=O) groups excluding carboxylic acids is 1. The van der Waals surface area contributed by atoms with Crippen LogP contribution in [0, 0.1) is 26.1 Å². The molecule has 3 atom stereocenters. The van der Waals surface area contributed by atoms with E-state index < -0.39 is 22.9 Å². The first-order valence-electron chi connectivity index (χ1n) is 9.68. The second-order valence-electron chi connectivity index (χ2n) is 7.37. The van der Waals surface area contributed by atoms with Gasteiger partial charge in [-0.1, -0.05) is 30.2 Å². The molecule has 0 N–H and O–H groups in total. The number of benzene rings is 2. The van der Waals surface area contributed by atoms with Crippen LogP contribution in [0.4, 0.5) is 5.69 Å². The van der Waals surface area contributed by atoms with E-state index in [1.54, 1.807) is 24.3 Å². The van der Waals surface area contributed by atoms with Gasteiger partial charge in [-0.15, -0.1) is 0 Å². The van der Waals surface area contributed by atoms with Crippen LogP contribution in [0.5, 0.6) is 0 Å². The fraction of sp³-hybridized carbons (Fsp3) is 0.381. The zero-order valence-corrected chi connectivity index (χ0v) is 16.9. The summed E-state index contributed by atoms with van der Waals surface area (Å²) in [6.45, 7) is -0.266. The number of carbonyl (C=O) groups is 1. The standard InChI is InChI=1S/C21H21ClN2O6/c22-16-9-5-14(6-10-16)19(13-23(26)27)18-3-1-2-4-20(18)30-21(25)15-7-11-17(12-8-15)24(28)29/h5-12,18-20H,1-4,13H2/t18-,19-,20+/m0/s1. The highest BCUT2D eigenvalue weighted by Gasteiger charge is 2.38. The summed E-state index contributed by atoms with van der Waals surface area (Å²) in [6, 6.07) is 12.2. The third-order valence-corrected chi connectivity index (χ3v) is 5.74. The molecule has 0 radical (unpaired) electrons. The molecule has 1 fully saturated rings.